The summed E-state index contributed by atoms with van der Waals surface area (Å²) in [6, 6.07) is 5.41. The molecule has 2 saturated heterocycles. The maximum absolute atomic E-state index is 16.4. The number of carbonyl (C=O) groups is 2. The van der Waals surface area contributed by atoms with Crippen molar-refractivity contribution >= 4 is 44.5 Å². The molecule has 260 valence electrons. The third-order valence-corrected chi connectivity index (χ3v) is 11.3. The molecule has 2 aliphatic heterocycles. The topological polar surface area (TPSA) is 123 Å². The van der Waals surface area contributed by atoms with Crippen LogP contribution in [0, 0.1) is 5.92 Å². The molecule has 1 aromatic heterocycles. The number of hydrogen-bond acceptors (Lipinski definition) is 6. The Morgan fingerprint density at radius 2 is 1.67 bits per heavy atom. The molecule has 0 radical (unpaired) electrons. The minimum Gasteiger partial charge on any atom is -0.444 e. The SMILES string of the molecule is CC(C)(C)OC(=O)NC1CC2CCC(C1)N2C(=O)C(NS(=O)(=O)c1ccc2c(cnn2CC2CCCC2)c1)C(F)(F)c1ccc(Cl)cc1. The molecule has 0 spiro atoms. The average molecular weight is 706 g/mol. The molecule has 48 heavy (non-hydrogen) atoms. The number of aromatic nitrogens is 2. The van der Waals surface area contributed by atoms with Crippen LogP contribution < -0.4 is 10.0 Å². The van der Waals surface area contributed by atoms with E-state index >= 15 is 8.78 Å². The Morgan fingerprint density at radius 1 is 1.02 bits per heavy atom. The first-order valence-electron chi connectivity index (χ1n) is 16.5. The maximum Gasteiger partial charge on any atom is 0.407 e. The largest absolute Gasteiger partial charge is 0.444 e. The smallest absolute Gasteiger partial charge is 0.407 e. The van der Waals surface area contributed by atoms with Gasteiger partial charge in [0.15, 0.2) is 6.04 Å². The molecule has 1 saturated carbocycles. The van der Waals surface area contributed by atoms with Crippen LogP contribution in [-0.2, 0) is 32.0 Å². The van der Waals surface area contributed by atoms with Gasteiger partial charge in [-0.2, -0.15) is 18.6 Å². The monoisotopic (exact) mass is 705 g/mol. The van der Waals surface area contributed by atoms with Gasteiger partial charge in [0.05, 0.1) is 16.6 Å². The summed E-state index contributed by atoms with van der Waals surface area (Å²) in [4.78, 5) is 27.8. The van der Waals surface area contributed by atoms with Crippen LogP contribution in [0.5, 0.6) is 0 Å². The number of piperidine rings is 1. The number of alkyl halides is 2. The second kappa shape index (κ2) is 13.2. The molecule has 3 aromatic rings. The molecule has 1 aliphatic carbocycles. The van der Waals surface area contributed by atoms with Crippen LogP contribution in [0.2, 0.25) is 5.02 Å². The maximum atomic E-state index is 16.4. The minimum absolute atomic E-state index is 0.220. The predicted molar refractivity (Wildman–Crippen MR) is 177 cm³/mol. The fraction of sp³-hybridized carbons (Fsp3) is 0.559. The van der Waals surface area contributed by atoms with Crippen LogP contribution >= 0.6 is 11.6 Å². The lowest BCUT2D eigenvalue weighted by atomic mass is 9.94. The molecule has 14 heteroatoms. The Labute approximate surface area is 284 Å². The summed E-state index contributed by atoms with van der Waals surface area (Å²) in [5.41, 5.74) is -0.498. The number of nitrogens with one attached hydrogen (secondary N) is 2. The van der Waals surface area contributed by atoms with Gasteiger partial charge in [0.25, 0.3) is 5.92 Å². The molecular formula is C34H42ClF2N5O5S. The van der Waals surface area contributed by atoms with Gasteiger partial charge in [-0.3, -0.25) is 9.48 Å². The number of sulfonamides is 1. The number of rotatable bonds is 9. The van der Waals surface area contributed by atoms with E-state index in [9.17, 15) is 18.0 Å². The van der Waals surface area contributed by atoms with Gasteiger partial charge in [-0.25, -0.2) is 13.2 Å². The number of ether oxygens (including phenoxy) is 1. The van der Waals surface area contributed by atoms with Crippen molar-refractivity contribution in [1.29, 1.82) is 0 Å². The lowest BCUT2D eigenvalue weighted by Gasteiger charge is -2.42. The number of halogens is 3. The summed E-state index contributed by atoms with van der Waals surface area (Å²) in [5.74, 6) is -4.45. The van der Waals surface area contributed by atoms with Crippen molar-refractivity contribution < 1.29 is 31.5 Å². The summed E-state index contributed by atoms with van der Waals surface area (Å²) in [7, 11) is -4.62. The van der Waals surface area contributed by atoms with E-state index in [0.717, 1.165) is 37.0 Å². The highest BCUT2D eigenvalue weighted by Crippen LogP contribution is 2.40. The average Bonchev–Trinajstić information content (AvgIpc) is 3.73. The Kier molecular flexibility index (Phi) is 9.51. The van der Waals surface area contributed by atoms with Gasteiger partial charge < -0.3 is 15.0 Å². The van der Waals surface area contributed by atoms with E-state index in [2.05, 4.69) is 15.1 Å². The van der Waals surface area contributed by atoms with Crippen molar-refractivity contribution in [2.45, 2.75) is 119 Å². The molecule has 2 N–H and O–H groups in total. The first-order valence-corrected chi connectivity index (χ1v) is 18.4. The molecule has 3 aliphatic rings. The minimum atomic E-state index is -4.62. The fourth-order valence-corrected chi connectivity index (χ4v) is 8.79. The Hall–Kier alpha value is -3.29. The van der Waals surface area contributed by atoms with Crippen molar-refractivity contribution in [1.82, 2.24) is 24.7 Å². The zero-order chi connectivity index (χ0) is 34.4. The van der Waals surface area contributed by atoms with E-state index in [1.807, 2.05) is 4.68 Å². The lowest BCUT2D eigenvalue weighted by molar-refractivity contribution is -0.149. The fourth-order valence-electron chi connectivity index (χ4n) is 7.43. The zero-order valence-electron chi connectivity index (χ0n) is 27.3. The first-order chi connectivity index (χ1) is 22.6. The summed E-state index contributed by atoms with van der Waals surface area (Å²) in [5, 5.41) is 8.08. The van der Waals surface area contributed by atoms with Gasteiger partial charge in [-0.05, 0) is 95.5 Å². The standard InChI is InChI=1S/C34H42ClF2N5O5S/c1-33(2,3)47-32(44)39-25-17-26-12-13-27(18-25)42(26)31(43)30(34(36,37)23-8-10-24(35)11-9-23)40-48(45,46)28-14-15-29-22(16-28)19-38-41(29)20-21-6-4-5-7-21/h8-11,14-16,19,21,25-27,30,40H,4-7,12-13,17-18,20H2,1-3H3,(H,39,44). The number of carbonyl (C=O) groups excluding carboxylic acids is 2. The number of nitrogens with zero attached hydrogens (tertiary/aromatic N) is 3. The van der Waals surface area contributed by atoms with E-state index in [4.69, 9.17) is 16.3 Å². The van der Waals surface area contributed by atoms with Crippen LogP contribution in [0.1, 0.15) is 77.7 Å². The highest BCUT2D eigenvalue weighted by molar-refractivity contribution is 7.89. The van der Waals surface area contributed by atoms with Crippen molar-refractivity contribution in [3.63, 3.8) is 0 Å². The molecule has 10 nitrogen and oxygen atoms in total. The van der Waals surface area contributed by atoms with Crippen LogP contribution in [0.3, 0.4) is 0 Å². The van der Waals surface area contributed by atoms with Crippen LogP contribution in [0.25, 0.3) is 10.9 Å². The number of amides is 2. The van der Waals surface area contributed by atoms with Crippen molar-refractivity contribution in [3.8, 4) is 0 Å². The van der Waals surface area contributed by atoms with E-state index in [-0.39, 0.29) is 16.0 Å². The summed E-state index contributed by atoms with van der Waals surface area (Å²) >= 11 is 5.96. The summed E-state index contributed by atoms with van der Waals surface area (Å²) < 4.78 is 69.9. The van der Waals surface area contributed by atoms with Crippen LogP contribution in [0.15, 0.2) is 53.6 Å². The Morgan fingerprint density at radius 3 is 2.29 bits per heavy atom. The van der Waals surface area contributed by atoms with Gasteiger partial charge in [0.2, 0.25) is 15.9 Å². The van der Waals surface area contributed by atoms with Crippen molar-refractivity contribution in [2.24, 2.45) is 5.92 Å². The summed E-state index contributed by atoms with van der Waals surface area (Å²) in [6.45, 7) is 5.98. The Balaban J connectivity index is 1.26. The Bertz CT molecular complexity index is 1760. The number of alkyl carbamates (subject to hydrolysis) is 1. The van der Waals surface area contributed by atoms with Crippen LogP contribution in [-0.4, -0.2) is 64.9 Å². The van der Waals surface area contributed by atoms with Gasteiger partial charge in [-0.15, -0.1) is 0 Å². The third kappa shape index (κ3) is 7.33. The molecule has 3 fully saturated rings. The lowest BCUT2D eigenvalue weighted by Crippen LogP contribution is -2.61. The highest BCUT2D eigenvalue weighted by atomic mass is 35.5. The van der Waals surface area contributed by atoms with E-state index in [0.29, 0.717) is 37.0 Å². The molecule has 3 atom stereocenters. The van der Waals surface area contributed by atoms with Crippen molar-refractivity contribution in [2.75, 3.05) is 0 Å². The molecule has 3 heterocycles. The second-order valence-electron chi connectivity index (χ2n) is 14.3. The molecule has 2 aromatic carbocycles. The molecule has 2 amide bonds. The molecule has 2 bridgehead atoms. The quantitative estimate of drug-likeness (QED) is 0.267. The van der Waals surface area contributed by atoms with Gasteiger partial charge >= 0.3 is 6.09 Å². The second-order valence-corrected chi connectivity index (χ2v) is 16.5. The molecule has 6 rings (SSSR count). The normalized spacial score (nSPS) is 22.6. The number of hydrogen-bond donors (Lipinski definition) is 2. The van der Waals surface area contributed by atoms with Gasteiger partial charge in [0, 0.05) is 40.6 Å². The molecule has 3 unspecified atom stereocenters. The first kappa shape index (κ1) is 34.6. The number of benzene rings is 2. The summed E-state index contributed by atoms with van der Waals surface area (Å²) in [6.07, 6.45) is 7.32. The molecular weight excluding hydrogens is 664 g/mol. The van der Waals surface area contributed by atoms with Crippen LogP contribution in [0.4, 0.5) is 13.6 Å². The van der Waals surface area contributed by atoms with E-state index in [1.54, 1.807) is 33.0 Å². The van der Waals surface area contributed by atoms with E-state index in [1.165, 1.54) is 42.0 Å². The van der Waals surface area contributed by atoms with E-state index < -0.39 is 57.2 Å². The zero-order valence-corrected chi connectivity index (χ0v) is 28.9. The third-order valence-electron chi connectivity index (χ3n) is 9.65. The highest BCUT2D eigenvalue weighted by Gasteiger charge is 2.54. The van der Waals surface area contributed by atoms with Gasteiger partial charge in [-0.1, -0.05) is 36.6 Å². The number of fused-ring (bicyclic) bond motifs is 3. The van der Waals surface area contributed by atoms with Crippen molar-refractivity contribution in [3.05, 3.63) is 59.2 Å². The predicted octanol–water partition coefficient (Wildman–Crippen LogP) is 6.37. The van der Waals surface area contributed by atoms with Gasteiger partial charge in [0.1, 0.15) is 5.60 Å².